The summed E-state index contributed by atoms with van der Waals surface area (Å²) >= 11 is 6.03. The quantitative estimate of drug-likeness (QED) is 0.689. The number of nitrogens with zero attached hydrogens (tertiary/aromatic N) is 1. The lowest BCUT2D eigenvalue weighted by Gasteiger charge is -2.12. The van der Waals surface area contributed by atoms with E-state index in [2.05, 4.69) is 15.5 Å². The number of halogens is 1. The predicted molar refractivity (Wildman–Crippen MR) is 83.1 cm³/mol. The third-order valence-corrected chi connectivity index (χ3v) is 3.50. The van der Waals surface area contributed by atoms with E-state index in [1.165, 1.54) is 7.11 Å². The van der Waals surface area contributed by atoms with Gasteiger partial charge in [0.25, 0.3) is 0 Å². The van der Waals surface area contributed by atoms with Crippen LogP contribution in [-0.4, -0.2) is 22.4 Å². The third kappa shape index (κ3) is 2.60. The van der Waals surface area contributed by atoms with Crippen molar-refractivity contribution in [3.8, 4) is 11.5 Å². The highest BCUT2D eigenvalue weighted by Gasteiger charge is 2.10. The number of H-pyrrole nitrogens is 1. The van der Waals surface area contributed by atoms with Gasteiger partial charge in [-0.25, -0.2) is 0 Å². The van der Waals surface area contributed by atoms with Crippen molar-refractivity contribution in [2.75, 3.05) is 12.4 Å². The molecular weight excluding hydrogens is 290 g/mol. The monoisotopic (exact) mass is 303 g/mol. The van der Waals surface area contributed by atoms with Crippen LogP contribution in [0.2, 0.25) is 5.02 Å². The Kier molecular flexibility index (Phi) is 3.58. The van der Waals surface area contributed by atoms with Crippen LogP contribution in [0.15, 0.2) is 36.5 Å². The fourth-order valence-corrected chi connectivity index (χ4v) is 2.46. The molecule has 0 aliphatic carbocycles. The summed E-state index contributed by atoms with van der Waals surface area (Å²) in [7, 11) is 1.49. The Morgan fingerprint density at radius 2 is 2.24 bits per heavy atom. The average molecular weight is 304 g/mol. The average Bonchev–Trinajstić information content (AvgIpc) is 2.96. The number of ether oxygens (including phenoxy) is 1. The maximum Gasteiger partial charge on any atom is 0.162 e. The van der Waals surface area contributed by atoms with Gasteiger partial charge >= 0.3 is 0 Å². The number of methoxy groups -OCH3 is 1. The normalized spacial score (nSPS) is 10.8. The Hall–Kier alpha value is -2.40. The van der Waals surface area contributed by atoms with Crippen LogP contribution in [-0.2, 0) is 6.54 Å². The molecule has 3 N–H and O–H groups in total. The molecule has 108 valence electrons. The van der Waals surface area contributed by atoms with E-state index in [-0.39, 0.29) is 5.75 Å². The van der Waals surface area contributed by atoms with E-state index in [0.29, 0.717) is 22.9 Å². The molecule has 0 spiro atoms. The number of hydrogen-bond donors (Lipinski definition) is 3. The van der Waals surface area contributed by atoms with Crippen molar-refractivity contribution >= 4 is 28.2 Å². The van der Waals surface area contributed by atoms with Crippen molar-refractivity contribution in [1.82, 2.24) is 10.2 Å². The molecule has 0 saturated heterocycles. The van der Waals surface area contributed by atoms with Gasteiger partial charge in [0.05, 0.1) is 24.5 Å². The van der Waals surface area contributed by atoms with Crippen LogP contribution in [0.5, 0.6) is 11.5 Å². The molecule has 1 aromatic heterocycles. The van der Waals surface area contributed by atoms with Crippen LogP contribution in [0.25, 0.3) is 10.9 Å². The molecule has 0 unspecified atom stereocenters. The van der Waals surface area contributed by atoms with Gasteiger partial charge in [0.15, 0.2) is 11.5 Å². The highest BCUT2D eigenvalue weighted by Crippen LogP contribution is 2.34. The zero-order valence-electron chi connectivity index (χ0n) is 11.4. The van der Waals surface area contributed by atoms with Crippen LogP contribution in [0.3, 0.4) is 0 Å². The molecule has 3 rings (SSSR count). The van der Waals surface area contributed by atoms with Gasteiger partial charge in [0.2, 0.25) is 0 Å². The molecule has 0 aliphatic rings. The SMILES string of the molecule is COc1cc(Cl)cc(CNc2cccc3cn[nH]c23)c1O. The second-order valence-electron chi connectivity index (χ2n) is 4.61. The first-order valence-electron chi connectivity index (χ1n) is 6.40. The molecule has 21 heavy (non-hydrogen) atoms. The number of aromatic nitrogens is 2. The third-order valence-electron chi connectivity index (χ3n) is 3.28. The lowest BCUT2D eigenvalue weighted by atomic mass is 10.1. The van der Waals surface area contributed by atoms with Gasteiger partial charge in [-0.05, 0) is 12.1 Å². The molecule has 0 aliphatic heterocycles. The summed E-state index contributed by atoms with van der Waals surface area (Å²) in [6, 6.07) is 9.15. The van der Waals surface area contributed by atoms with E-state index < -0.39 is 0 Å². The van der Waals surface area contributed by atoms with Crippen molar-refractivity contribution in [3.05, 3.63) is 47.1 Å². The highest BCUT2D eigenvalue weighted by molar-refractivity contribution is 6.30. The fourth-order valence-electron chi connectivity index (χ4n) is 2.23. The summed E-state index contributed by atoms with van der Waals surface area (Å²) < 4.78 is 5.10. The van der Waals surface area contributed by atoms with Gasteiger partial charge < -0.3 is 15.2 Å². The first-order valence-corrected chi connectivity index (χ1v) is 6.78. The van der Waals surface area contributed by atoms with Crippen LogP contribution in [0, 0.1) is 0 Å². The van der Waals surface area contributed by atoms with Crippen LogP contribution >= 0.6 is 11.6 Å². The van der Waals surface area contributed by atoms with E-state index in [9.17, 15) is 5.11 Å². The van der Waals surface area contributed by atoms with E-state index >= 15 is 0 Å². The fraction of sp³-hybridized carbons (Fsp3) is 0.133. The molecule has 5 nitrogen and oxygen atoms in total. The number of para-hydroxylation sites is 1. The van der Waals surface area contributed by atoms with Crippen molar-refractivity contribution in [2.45, 2.75) is 6.54 Å². The molecule has 1 heterocycles. The second-order valence-corrected chi connectivity index (χ2v) is 5.05. The van der Waals surface area contributed by atoms with Gasteiger partial charge in [-0.15, -0.1) is 0 Å². The topological polar surface area (TPSA) is 70.2 Å². The van der Waals surface area contributed by atoms with Gasteiger partial charge in [0, 0.05) is 28.6 Å². The highest BCUT2D eigenvalue weighted by atomic mass is 35.5. The maximum absolute atomic E-state index is 10.1. The number of phenols is 1. The minimum atomic E-state index is 0.0891. The van der Waals surface area contributed by atoms with Crippen LogP contribution < -0.4 is 10.1 Å². The molecule has 0 saturated carbocycles. The summed E-state index contributed by atoms with van der Waals surface area (Å²) in [5.41, 5.74) is 2.49. The Bertz CT molecular complexity index is 786. The van der Waals surface area contributed by atoms with Gasteiger partial charge in [-0.3, -0.25) is 5.10 Å². The first-order chi connectivity index (χ1) is 10.2. The minimum absolute atomic E-state index is 0.0891. The number of nitrogens with one attached hydrogen (secondary N) is 2. The lowest BCUT2D eigenvalue weighted by Crippen LogP contribution is -2.01. The van der Waals surface area contributed by atoms with Gasteiger partial charge in [0.1, 0.15) is 0 Å². The molecule has 3 aromatic rings. The van der Waals surface area contributed by atoms with Gasteiger partial charge in [-0.2, -0.15) is 5.10 Å². The van der Waals surface area contributed by atoms with E-state index in [4.69, 9.17) is 16.3 Å². The number of aromatic amines is 1. The van der Waals surface area contributed by atoms with E-state index in [1.54, 1.807) is 18.3 Å². The standard InChI is InChI=1S/C15H14ClN3O2/c1-21-13-6-11(16)5-10(15(13)20)7-17-12-4-2-3-9-8-18-19-14(9)12/h2-6,8,17,20H,7H2,1H3,(H,18,19). The minimum Gasteiger partial charge on any atom is -0.504 e. The van der Waals surface area contributed by atoms with Crippen LogP contribution in [0.1, 0.15) is 5.56 Å². The zero-order valence-corrected chi connectivity index (χ0v) is 12.1. The first kappa shape index (κ1) is 13.6. The van der Waals surface area contributed by atoms with E-state index in [0.717, 1.165) is 16.6 Å². The molecule has 0 atom stereocenters. The van der Waals surface area contributed by atoms with Crippen LogP contribution in [0.4, 0.5) is 5.69 Å². The summed E-state index contributed by atoms with van der Waals surface area (Å²) in [5, 5.41) is 21.9. The predicted octanol–water partition coefficient (Wildman–Crippen LogP) is 3.54. The van der Waals surface area contributed by atoms with Crippen molar-refractivity contribution in [3.63, 3.8) is 0 Å². The van der Waals surface area contributed by atoms with Crippen molar-refractivity contribution in [2.24, 2.45) is 0 Å². The molecular formula is C15H14ClN3O2. The number of hydrogen-bond acceptors (Lipinski definition) is 4. The largest absolute Gasteiger partial charge is 0.504 e. The number of anilines is 1. The molecule has 0 bridgehead atoms. The molecule has 0 radical (unpaired) electrons. The van der Waals surface area contributed by atoms with Crippen molar-refractivity contribution in [1.29, 1.82) is 0 Å². The zero-order chi connectivity index (χ0) is 14.8. The number of phenolic OH excluding ortho intramolecular Hbond substituents is 1. The molecule has 2 aromatic carbocycles. The van der Waals surface area contributed by atoms with E-state index in [1.807, 2.05) is 18.2 Å². The Morgan fingerprint density at radius 1 is 1.38 bits per heavy atom. The lowest BCUT2D eigenvalue weighted by molar-refractivity contribution is 0.371. The summed E-state index contributed by atoms with van der Waals surface area (Å²) in [6.07, 6.45) is 1.76. The molecule has 0 fully saturated rings. The summed E-state index contributed by atoms with van der Waals surface area (Å²) in [4.78, 5) is 0. The smallest absolute Gasteiger partial charge is 0.162 e. The maximum atomic E-state index is 10.1. The Morgan fingerprint density at radius 3 is 3.05 bits per heavy atom. The molecule has 0 amide bonds. The number of benzene rings is 2. The number of fused-ring (bicyclic) bond motifs is 1. The summed E-state index contributed by atoms with van der Waals surface area (Å²) in [6.45, 7) is 0.418. The molecule has 6 heteroatoms. The second kappa shape index (κ2) is 5.54. The number of rotatable bonds is 4. The number of aromatic hydroxyl groups is 1. The Balaban J connectivity index is 1.88. The van der Waals surface area contributed by atoms with Crippen molar-refractivity contribution < 1.29 is 9.84 Å². The van der Waals surface area contributed by atoms with Gasteiger partial charge in [-0.1, -0.05) is 23.7 Å². The summed E-state index contributed by atoms with van der Waals surface area (Å²) in [5.74, 6) is 0.449. The Labute approximate surface area is 126 Å².